The minimum atomic E-state index is 0.411. The molecule has 1 aliphatic heterocycles. The monoisotopic (exact) mass is 304 g/mol. The highest BCUT2D eigenvalue weighted by Gasteiger charge is 2.28. The Morgan fingerprint density at radius 3 is 2.76 bits per heavy atom. The van der Waals surface area contributed by atoms with Crippen molar-refractivity contribution in [2.45, 2.75) is 30.7 Å². The van der Waals surface area contributed by atoms with Crippen LogP contribution in [-0.2, 0) is 4.74 Å². The molecule has 0 aromatic heterocycles. The summed E-state index contributed by atoms with van der Waals surface area (Å²) < 4.78 is 5.84. The smallest absolute Gasteiger partial charge is 0.0829 e. The van der Waals surface area contributed by atoms with Crippen LogP contribution in [-0.4, -0.2) is 67.1 Å². The van der Waals surface area contributed by atoms with Crippen molar-refractivity contribution in [2.75, 3.05) is 46.4 Å². The Morgan fingerprint density at radius 2 is 2.12 bits per heavy atom. The molecule has 0 N–H and O–H groups in total. The van der Waals surface area contributed by atoms with E-state index in [4.69, 9.17) is 4.74 Å². The average molecular weight is 305 g/mol. The predicted molar refractivity (Wildman–Crippen MR) is 74.8 cm³/mol. The molecule has 2 rings (SSSR count). The Morgan fingerprint density at radius 1 is 1.35 bits per heavy atom. The van der Waals surface area contributed by atoms with Crippen LogP contribution in [0.25, 0.3) is 0 Å². The zero-order valence-electron chi connectivity index (χ0n) is 11.1. The molecule has 1 heterocycles. The first-order chi connectivity index (χ1) is 8.17. The number of halogens is 1. The lowest BCUT2D eigenvalue weighted by Gasteiger charge is -2.37. The lowest BCUT2D eigenvalue weighted by atomic mass is 9.85. The molecule has 0 bridgehead atoms. The summed E-state index contributed by atoms with van der Waals surface area (Å²) in [6, 6.07) is 0. The van der Waals surface area contributed by atoms with Crippen LogP contribution >= 0.6 is 15.9 Å². The van der Waals surface area contributed by atoms with Gasteiger partial charge in [0.05, 0.1) is 12.7 Å². The largest absolute Gasteiger partial charge is 0.374 e. The van der Waals surface area contributed by atoms with Gasteiger partial charge in [0.2, 0.25) is 0 Å². The fraction of sp³-hybridized carbons (Fsp3) is 1.00. The Balaban J connectivity index is 1.65. The standard InChI is InChI=1S/C13H25BrN2O/c1-3-16-4-5-17-13(10-16)9-15(2)8-11-6-12(14)7-11/h11-13H,3-10H2,1-2H3. The van der Waals surface area contributed by atoms with E-state index in [9.17, 15) is 0 Å². The van der Waals surface area contributed by atoms with Crippen molar-refractivity contribution in [1.29, 1.82) is 0 Å². The number of hydrogen-bond donors (Lipinski definition) is 0. The number of rotatable bonds is 5. The molecular weight excluding hydrogens is 280 g/mol. The zero-order valence-corrected chi connectivity index (χ0v) is 12.7. The second-order valence-electron chi connectivity index (χ2n) is 5.54. The molecule has 1 saturated heterocycles. The molecule has 4 heteroatoms. The predicted octanol–water partition coefficient (Wildman–Crippen LogP) is 1.81. The molecule has 0 radical (unpaired) electrons. The second kappa shape index (κ2) is 6.50. The molecule has 100 valence electrons. The molecule has 0 aromatic rings. The van der Waals surface area contributed by atoms with E-state index in [-0.39, 0.29) is 0 Å². The Hall–Kier alpha value is 0.360. The number of alkyl halides is 1. The van der Waals surface area contributed by atoms with Crippen LogP contribution in [0.5, 0.6) is 0 Å². The highest BCUT2D eigenvalue weighted by Crippen LogP contribution is 2.33. The number of likely N-dealkylation sites (N-methyl/N-ethyl adjacent to an activating group) is 2. The summed E-state index contributed by atoms with van der Waals surface area (Å²) in [4.78, 5) is 5.72. The molecule has 3 nitrogen and oxygen atoms in total. The van der Waals surface area contributed by atoms with Crippen LogP contribution < -0.4 is 0 Å². The maximum Gasteiger partial charge on any atom is 0.0829 e. The van der Waals surface area contributed by atoms with Crippen molar-refractivity contribution in [1.82, 2.24) is 9.80 Å². The number of ether oxygens (including phenoxy) is 1. The quantitative estimate of drug-likeness (QED) is 0.721. The highest BCUT2D eigenvalue weighted by atomic mass is 79.9. The first kappa shape index (κ1) is 13.8. The molecule has 0 aromatic carbocycles. The van der Waals surface area contributed by atoms with Gasteiger partial charge in [-0.05, 0) is 32.4 Å². The van der Waals surface area contributed by atoms with E-state index < -0.39 is 0 Å². The molecule has 0 spiro atoms. The van der Waals surface area contributed by atoms with E-state index in [0.717, 1.165) is 43.5 Å². The number of hydrogen-bond acceptors (Lipinski definition) is 3. The van der Waals surface area contributed by atoms with E-state index in [1.165, 1.54) is 19.4 Å². The summed E-state index contributed by atoms with van der Waals surface area (Å²) in [5.41, 5.74) is 0. The minimum absolute atomic E-state index is 0.411. The molecule has 1 atom stereocenters. The van der Waals surface area contributed by atoms with Gasteiger partial charge in [-0.2, -0.15) is 0 Å². The maximum absolute atomic E-state index is 5.84. The van der Waals surface area contributed by atoms with Gasteiger partial charge in [0.1, 0.15) is 0 Å². The van der Waals surface area contributed by atoms with Crippen LogP contribution in [0.3, 0.4) is 0 Å². The SMILES string of the molecule is CCN1CCOC(CN(C)CC2CC(Br)C2)C1. The van der Waals surface area contributed by atoms with Crippen molar-refractivity contribution in [3.05, 3.63) is 0 Å². The van der Waals surface area contributed by atoms with Crippen LogP contribution in [0.2, 0.25) is 0 Å². The maximum atomic E-state index is 5.84. The molecule has 1 unspecified atom stereocenters. The first-order valence-corrected chi connectivity index (χ1v) is 7.75. The van der Waals surface area contributed by atoms with Gasteiger partial charge in [0.25, 0.3) is 0 Å². The summed E-state index contributed by atoms with van der Waals surface area (Å²) in [5, 5.41) is 0. The van der Waals surface area contributed by atoms with Crippen molar-refractivity contribution >= 4 is 15.9 Å². The van der Waals surface area contributed by atoms with Crippen molar-refractivity contribution in [2.24, 2.45) is 5.92 Å². The van der Waals surface area contributed by atoms with Crippen molar-refractivity contribution < 1.29 is 4.74 Å². The molecule has 2 fully saturated rings. The van der Waals surface area contributed by atoms with E-state index in [0.29, 0.717) is 6.10 Å². The minimum Gasteiger partial charge on any atom is -0.374 e. The van der Waals surface area contributed by atoms with Crippen LogP contribution in [0.1, 0.15) is 19.8 Å². The van der Waals surface area contributed by atoms with Gasteiger partial charge >= 0.3 is 0 Å². The lowest BCUT2D eigenvalue weighted by molar-refractivity contribution is -0.0410. The second-order valence-corrected chi connectivity index (χ2v) is 6.84. The third-order valence-corrected chi connectivity index (χ3v) is 4.68. The third kappa shape index (κ3) is 4.19. The highest BCUT2D eigenvalue weighted by molar-refractivity contribution is 9.09. The number of morpholine rings is 1. The molecule has 2 aliphatic rings. The average Bonchev–Trinajstić information content (AvgIpc) is 2.27. The summed E-state index contributed by atoms with van der Waals surface area (Å²) in [6.45, 7) is 8.80. The van der Waals surface area contributed by atoms with Crippen LogP contribution in [0.15, 0.2) is 0 Å². The van der Waals surface area contributed by atoms with E-state index in [1.54, 1.807) is 0 Å². The molecule has 17 heavy (non-hydrogen) atoms. The topological polar surface area (TPSA) is 15.7 Å². The van der Waals surface area contributed by atoms with Gasteiger partial charge in [-0.1, -0.05) is 22.9 Å². The van der Waals surface area contributed by atoms with Gasteiger partial charge in [-0.25, -0.2) is 0 Å². The fourth-order valence-electron chi connectivity index (χ4n) is 2.84. The van der Waals surface area contributed by atoms with E-state index >= 15 is 0 Å². The fourth-order valence-corrected chi connectivity index (χ4v) is 3.90. The number of nitrogens with zero attached hydrogens (tertiary/aromatic N) is 2. The van der Waals surface area contributed by atoms with E-state index in [1.807, 2.05) is 0 Å². The molecule has 1 saturated carbocycles. The molecule has 0 amide bonds. The van der Waals surface area contributed by atoms with Gasteiger partial charge in [-0.3, -0.25) is 4.90 Å². The Bertz CT molecular complexity index is 233. The van der Waals surface area contributed by atoms with E-state index in [2.05, 4.69) is 39.7 Å². The van der Waals surface area contributed by atoms with Gasteiger partial charge in [0, 0.05) is 31.0 Å². The lowest BCUT2D eigenvalue weighted by Crippen LogP contribution is -2.48. The summed E-state index contributed by atoms with van der Waals surface area (Å²) in [7, 11) is 2.23. The van der Waals surface area contributed by atoms with Crippen LogP contribution in [0.4, 0.5) is 0 Å². The first-order valence-electron chi connectivity index (χ1n) is 6.84. The van der Waals surface area contributed by atoms with Gasteiger partial charge in [0.15, 0.2) is 0 Å². The Labute approximate surface area is 114 Å². The van der Waals surface area contributed by atoms with Crippen LogP contribution in [0, 0.1) is 5.92 Å². The zero-order chi connectivity index (χ0) is 12.3. The third-order valence-electron chi connectivity index (χ3n) is 3.93. The van der Waals surface area contributed by atoms with Gasteiger partial charge in [-0.15, -0.1) is 0 Å². The summed E-state index contributed by atoms with van der Waals surface area (Å²) in [6.07, 6.45) is 3.10. The molecule has 1 aliphatic carbocycles. The van der Waals surface area contributed by atoms with Crippen molar-refractivity contribution in [3.63, 3.8) is 0 Å². The Kier molecular flexibility index (Phi) is 5.27. The van der Waals surface area contributed by atoms with Crippen molar-refractivity contribution in [3.8, 4) is 0 Å². The molecular formula is C13H25BrN2O. The summed E-state index contributed by atoms with van der Waals surface area (Å²) >= 11 is 3.66. The normalized spacial score (nSPS) is 34.9. The van der Waals surface area contributed by atoms with Gasteiger partial charge < -0.3 is 9.64 Å². The summed E-state index contributed by atoms with van der Waals surface area (Å²) in [5.74, 6) is 0.898.